The van der Waals surface area contributed by atoms with E-state index in [9.17, 15) is 9.59 Å². The summed E-state index contributed by atoms with van der Waals surface area (Å²) in [5.41, 5.74) is -0.212. The first-order chi connectivity index (χ1) is 14.6. The molecule has 0 amide bonds. The van der Waals surface area contributed by atoms with Crippen molar-refractivity contribution >= 4 is 11.9 Å². The Morgan fingerprint density at radius 2 is 0.875 bits per heavy atom. The maximum atomic E-state index is 12.5. The molecule has 0 aromatic carbocycles. The number of hydrogen-bond donors (Lipinski definition) is 2. The lowest BCUT2D eigenvalue weighted by atomic mass is 9.76. The van der Waals surface area contributed by atoms with Crippen LogP contribution in [0.1, 0.15) is 107 Å². The van der Waals surface area contributed by atoms with Gasteiger partial charge in [0, 0.05) is 22.2 Å². The van der Waals surface area contributed by atoms with Crippen molar-refractivity contribution in [2.24, 2.45) is 11.8 Å². The summed E-state index contributed by atoms with van der Waals surface area (Å²) < 4.78 is 11.1. The number of nitrogens with one attached hydrogen (secondary N) is 2. The van der Waals surface area contributed by atoms with E-state index in [1.54, 1.807) is 0 Å². The first-order valence-electron chi connectivity index (χ1n) is 12.5. The summed E-state index contributed by atoms with van der Waals surface area (Å²) in [5, 5.41) is 7.21. The van der Waals surface area contributed by atoms with Crippen LogP contribution in [0.5, 0.6) is 0 Å². The summed E-state index contributed by atoms with van der Waals surface area (Å²) >= 11 is 0. The van der Waals surface area contributed by atoms with Gasteiger partial charge in [-0.1, -0.05) is 0 Å². The van der Waals surface area contributed by atoms with E-state index in [2.05, 4.69) is 66.0 Å². The van der Waals surface area contributed by atoms with E-state index in [-0.39, 0.29) is 45.9 Å². The third kappa shape index (κ3) is 9.01. The minimum absolute atomic E-state index is 0.0365. The van der Waals surface area contributed by atoms with Crippen LogP contribution >= 0.6 is 0 Å². The summed E-state index contributed by atoms with van der Waals surface area (Å²) in [5.74, 6) is -0.194. The van der Waals surface area contributed by atoms with Gasteiger partial charge in [-0.25, -0.2) is 0 Å². The van der Waals surface area contributed by atoms with Crippen molar-refractivity contribution in [3.8, 4) is 0 Å². The molecule has 2 N–H and O–H groups in total. The van der Waals surface area contributed by atoms with Crippen LogP contribution < -0.4 is 10.6 Å². The van der Waals surface area contributed by atoms with Crippen LogP contribution in [0.2, 0.25) is 0 Å². The molecule has 0 unspecified atom stereocenters. The predicted molar refractivity (Wildman–Crippen MR) is 128 cm³/mol. The Balaban J connectivity index is 1.57. The van der Waals surface area contributed by atoms with Crippen LogP contribution in [0.25, 0.3) is 0 Å². The molecule has 2 aliphatic heterocycles. The zero-order valence-electron chi connectivity index (χ0n) is 21.9. The molecule has 2 rings (SSSR count). The van der Waals surface area contributed by atoms with Gasteiger partial charge in [-0.2, -0.15) is 0 Å². The Morgan fingerprint density at radius 1 is 0.594 bits per heavy atom. The summed E-state index contributed by atoms with van der Waals surface area (Å²) in [6.45, 7) is 18.1. The van der Waals surface area contributed by atoms with E-state index >= 15 is 0 Å². The summed E-state index contributed by atoms with van der Waals surface area (Å²) in [7, 11) is 0. The fraction of sp³-hybridized carbons (Fsp3) is 0.923. The van der Waals surface area contributed by atoms with E-state index in [0.29, 0.717) is 13.2 Å². The van der Waals surface area contributed by atoms with E-state index in [0.717, 1.165) is 51.4 Å². The molecule has 0 aliphatic carbocycles. The first kappa shape index (κ1) is 27.1. The van der Waals surface area contributed by atoms with Crippen LogP contribution in [0.15, 0.2) is 0 Å². The predicted octanol–water partition coefficient (Wildman–Crippen LogP) is 4.75. The smallest absolute Gasteiger partial charge is 0.309 e. The van der Waals surface area contributed by atoms with Gasteiger partial charge in [-0.05, 0) is 107 Å². The zero-order valence-corrected chi connectivity index (χ0v) is 21.9. The van der Waals surface area contributed by atoms with Gasteiger partial charge < -0.3 is 20.1 Å². The fourth-order valence-corrected chi connectivity index (χ4v) is 6.12. The maximum absolute atomic E-state index is 12.5. The molecule has 2 fully saturated rings. The number of carbonyl (C=O) groups excluding carboxylic acids is 2. The third-order valence-corrected chi connectivity index (χ3v) is 6.57. The monoisotopic (exact) mass is 452 g/mol. The Hall–Kier alpha value is -1.14. The van der Waals surface area contributed by atoms with Crippen molar-refractivity contribution in [2.75, 3.05) is 13.2 Å². The van der Waals surface area contributed by atoms with E-state index in [4.69, 9.17) is 9.47 Å². The average Bonchev–Trinajstić information content (AvgIpc) is 2.58. The second-order valence-electron chi connectivity index (χ2n) is 12.7. The van der Waals surface area contributed by atoms with Crippen molar-refractivity contribution < 1.29 is 19.1 Å². The molecule has 2 saturated heterocycles. The second kappa shape index (κ2) is 10.4. The Kier molecular flexibility index (Phi) is 8.82. The molecule has 0 radical (unpaired) electrons. The van der Waals surface area contributed by atoms with Crippen LogP contribution in [0.4, 0.5) is 0 Å². The molecule has 0 aromatic rings. The normalized spacial score (nSPS) is 24.6. The van der Waals surface area contributed by atoms with Gasteiger partial charge in [-0.3, -0.25) is 9.59 Å². The number of carbonyl (C=O) groups is 2. The third-order valence-electron chi connectivity index (χ3n) is 6.57. The molecule has 6 heteroatoms. The van der Waals surface area contributed by atoms with Crippen LogP contribution in [0, 0.1) is 11.8 Å². The highest BCUT2D eigenvalue weighted by Crippen LogP contribution is 2.34. The Morgan fingerprint density at radius 3 is 1.16 bits per heavy atom. The molecule has 2 heterocycles. The quantitative estimate of drug-likeness (QED) is 0.388. The van der Waals surface area contributed by atoms with Gasteiger partial charge in [0.1, 0.15) is 0 Å². The largest absolute Gasteiger partial charge is 0.465 e. The number of hydrogen-bond acceptors (Lipinski definition) is 6. The van der Waals surface area contributed by atoms with Crippen molar-refractivity contribution in [3.63, 3.8) is 0 Å². The summed E-state index contributed by atoms with van der Waals surface area (Å²) in [4.78, 5) is 25.0. The summed E-state index contributed by atoms with van der Waals surface area (Å²) in [6.07, 6.45) is 6.90. The molecule has 2 aliphatic rings. The molecular weight excluding hydrogens is 404 g/mol. The molecule has 0 bridgehead atoms. The molecule has 0 spiro atoms. The van der Waals surface area contributed by atoms with Gasteiger partial charge in [0.15, 0.2) is 0 Å². The zero-order chi connectivity index (χ0) is 24.2. The Bertz CT molecular complexity index is 566. The van der Waals surface area contributed by atoms with Gasteiger partial charge in [-0.15, -0.1) is 0 Å². The minimum Gasteiger partial charge on any atom is -0.465 e. The van der Waals surface area contributed by atoms with Crippen molar-refractivity contribution in [1.29, 1.82) is 0 Å². The highest BCUT2D eigenvalue weighted by Gasteiger charge is 2.42. The van der Waals surface area contributed by atoms with Crippen LogP contribution in [0.3, 0.4) is 0 Å². The number of piperidine rings is 2. The number of unbranched alkanes of at least 4 members (excludes halogenated alkanes) is 3. The lowest BCUT2D eigenvalue weighted by Crippen LogP contribution is -2.59. The number of rotatable bonds is 9. The lowest BCUT2D eigenvalue weighted by Gasteiger charge is -2.45. The van der Waals surface area contributed by atoms with Crippen molar-refractivity contribution in [1.82, 2.24) is 10.6 Å². The van der Waals surface area contributed by atoms with E-state index in [1.165, 1.54) is 0 Å². The minimum atomic E-state index is -0.0607. The standard InChI is InChI=1S/C26H48N2O4/c1-23(2)15-19(16-24(3,4)27-23)21(29)31-13-11-9-10-12-14-32-22(30)20-17-25(5,6)28-26(7,8)18-20/h19-20,27-28H,9-18H2,1-8H3. The number of esters is 2. The number of ether oxygens (including phenoxy) is 2. The Labute approximate surface area is 196 Å². The topological polar surface area (TPSA) is 76.7 Å². The van der Waals surface area contributed by atoms with Crippen molar-refractivity contribution in [2.45, 2.75) is 129 Å². The highest BCUT2D eigenvalue weighted by atomic mass is 16.5. The lowest BCUT2D eigenvalue weighted by molar-refractivity contribution is -0.153. The molecule has 32 heavy (non-hydrogen) atoms. The average molecular weight is 453 g/mol. The molecular formula is C26H48N2O4. The van der Waals surface area contributed by atoms with Gasteiger partial charge in [0.05, 0.1) is 25.0 Å². The maximum Gasteiger partial charge on any atom is 0.309 e. The van der Waals surface area contributed by atoms with Gasteiger partial charge >= 0.3 is 11.9 Å². The van der Waals surface area contributed by atoms with E-state index in [1.807, 2.05) is 0 Å². The van der Waals surface area contributed by atoms with Gasteiger partial charge in [0.2, 0.25) is 0 Å². The fourth-order valence-electron chi connectivity index (χ4n) is 6.12. The molecule has 6 nitrogen and oxygen atoms in total. The molecule has 0 atom stereocenters. The van der Waals surface area contributed by atoms with Crippen LogP contribution in [-0.4, -0.2) is 47.3 Å². The van der Waals surface area contributed by atoms with Gasteiger partial charge in [0.25, 0.3) is 0 Å². The highest BCUT2D eigenvalue weighted by molar-refractivity contribution is 5.73. The second-order valence-corrected chi connectivity index (χ2v) is 12.7. The first-order valence-corrected chi connectivity index (χ1v) is 12.5. The molecule has 0 aromatic heterocycles. The molecule has 0 saturated carbocycles. The van der Waals surface area contributed by atoms with Crippen molar-refractivity contribution in [3.05, 3.63) is 0 Å². The SMILES string of the molecule is CC1(C)CC(C(=O)OCCCCCCOC(=O)C2CC(C)(C)NC(C)(C)C2)CC(C)(C)N1. The molecule has 186 valence electrons. The summed E-state index contributed by atoms with van der Waals surface area (Å²) in [6, 6.07) is 0. The van der Waals surface area contributed by atoms with E-state index < -0.39 is 0 Å². The van der Waals surface area contributed by atoms with Crippen LogP contribution in [-0.2, 0) is 19.1 Å².